The Bertz CT molecular complexity index is 561. The Hall–Kier alpha value is -1.52. The fraction of sp³-hybridized carbons (Fsp3) is 0.308. The third kappa shape index (κ3) is 2.66. The second kappa shape index (κ2) is 5.42. The topological polar surface area (TPSA) is 59.7 Å². The lowest BCUT2D eigenvalue weighted by Gasteiger charge is -2.09. The lowest BCUT2D eigenvalue weighted by atomic mass is 10.2. The Morgan fingerprint density at radius 1 is 1.56 bits per heavy atom. The molecule has 96 valence electrons. The van der Waals surface area contributed by atoms with Gasteiger partial charge in [0.05, 0.1) is 5.88 Å². The van der Waals surface area contributed by atoms with Crippen LogP contribution in [-0.4, -0.2) is 29.5 Å². The average Bonchev–Trinajstić information content (AvgIpc) is 2.80. The predicted octanol–water partition coefficient (Wildman–Crippen LogP) is 2.61. The van der Waals surface area contributed by atoms with E-state index in [4.69, 9.17) is 20.8 Å². The lowest BCUT2D eigenvalue weighted by Crippen LogP contribution is -2.18. The molecule has 1 atom stereocenters. The molecule has 1 N–H and O–H groups in total. The highest BCUT2D eigenvalue weighted by atomic mass is 35.5. The summed E-state index contributed by atoms with van der Waals surface area (Å²) in [5.74, 6) is 0.744. The minimum Gasteiger partial charge on any atom is -0.487 e. The first-order valence-corrected chi connectivity index (χ1v) is 6.05. The molecule has 2 rings (SSSR count). The van der Waals surface area contributed by atoms with Gasteiger partial charge in [0.15, 0.2) is 22.9 Å². The number of hydrogen-bond donors (Lipinski definition) is 1. The fourth-order valence-electron chi connectivity index (χ4n) is 1.55. The van der Waals surface area contributed by atoms with Crippen LogP contribution in [0.15, 0.2) is 28.7 Å². The minimum atomic E-state index is -0.732. The van der Waals surface area contributed by atoms with Crippen LogP contribution in [0.3, 0.4) is 0 Å². The van der Waals surface area contributed by atoms with Gasteiger partial charge in [-0.1, -0.05) is 12.1 Å². The summed E-state index contributed by atoms with van der Waals surface area (Å²) in [6, 6.07) is 7.01. The molecule has 5 heteroatoms. The lowest BCUT2D eigenvalue weighted by molar-refractivity contribution is 0.0988. The van der Waals surface area contributed by atoms with Crippen molar-refractivity contribution in [2.75, 3.05) is 12.5 Å². The van der Waals surface area contributed by atoms with Gasteiger partial charge in [0, 0.05) is 12.3 Å². The SMILES string of the molecule is CC(=O)c1cc2cccc(OCC(O)CCl)c2o1. The van der Waals surface area contributed by atoms with Crippen molar-refractivity contribution in [3.8, 4) is 5.75 Å². The first kappa shape index (κ1) is 12.9. The van der Waals surface area contributed by atoms with Gasteiger partial charge in [-0.2, -0.15) is 0 Å². The first-order chi connectivity index (χ1) is 8.61. The molecule has 0 fully saturated rings. The van der Waals surface area contributed by atoms with Crippen molar-refractivity contribution in [2.24, 2.45) is 0 Å². The van der Waals surface area contributed by atoms with Crippen molar-refractivity contribution in [1.29, 1.82) is 0 Å². The molecule has 1 unspecified atom stereocenters. The molecule has 1 aromatic heterocycles. The molecule has 0 spiro atoms. The molecule has 0 radical (unpaired) electrons. The third-order valence-corrected chi connectivity index (χ3v) is 2.82. The Labute approximate surface area is 109 Å². The number of aliphatic hydroxyl groups excluding tert-OH is 1. The van der Waals surface area contributed by atoms with Crippen molar-refractivity contribution >= 4 is 28.4 Å². The fourth-order valence-corrected chi connectivity index (χ4v) is 1.64. The molecule has 18 heavy (non-hydrogen) atoms. The molecule has 0 bridgehead atoms. The van der Waals surface area contributed by atoms with Gasteiger partial charge in [-0.3, -0.25) is 4.79 Å². The Morgan fingerprint density at radius 3 is 3.00 bits per heavy atom. The van der Waals surface area contributed by atoms with E-state index in [1.165, 1.54) is 6.92 Å². The summed E-state index contributed by atoms with van der Waals surface area (Å²) < 4.78 is 10.9. The molecule has 0 saturated carbocycles. The van der Waals surface area contributed by atoms with Gasteiger partial charge in [0.2, 0.25) is 0 Å². The monoisotopic (exact) mass is 268 g/mol. The van der Waals surface area contributed by atoms with Gasteiger partial charge >= 0.3 is 0 Å². The summed E-state index contributed by atoms with van der Waals surface area (Å²) in [6.07, 6.45) is -0.732. The number of Topliss-reactive ketones (excluding diaryl/α,β-unsaturated/α-hetero) is 1. The maximum atomic E-state index is 11.2. The third-order valence-electron chi connectivity index (χ3n) is 2.46. The Morgan fingerprint density at radius 2 is 2.33 bits per heavy atom. The first-order valence-electron chi connectivity index (χ1n) is 5.52. The second-order valence-corrected chi connectivity index (χ2v) is 4.27. The van der Waals surface area contributed by atoms with Gasteiger partial charge in [0.25, 0.3) is 0 Å². The molecule has 0 aliphatic carbocycles. The largest absolute Gasteiger partial charge is 0.487 e. The summed E-state index contributed by atoms with van der Waals surface area (Å²) in [6.45, 7) is 1.52. The van der Waals surface area contributed by atoms with E-state index < -0.39 is 6.10 Å². The zero-order valence-electron chi connectivity index (χ0n) is 9.85. The molecule has 0 amide bonds. The number of para-hydroxylation sites is 1. The molecule has 0 aliphatic heterocycles. The molecule has 0 aliphatic rings. The van der Waals surface area contributed by atoms with Gasteiger partial charge in [0.1, 0.15) is 12.7 Å². The van der Waals surface area contributed by atoms with Crippen LogP contribution in [-0.2, 0) is 0 Å². The maximum Gasteiger partial charge on any atom is 0.194 e. The number of furan rings is 1. The van der Waals surface area contributed by atoms with Crippen LogP contribution in [0.2, 0.25) is 0 Å². The number of carbonyl (C=O) groups is 1. The molecular formula is C13H13ClO4. The van der Waals surface area contributed by atoms with Crippen LogP contribution in [0.4, 0.5) is 0 Å². The number of rotatable bonds is 5. The minimum absolute atomic E-state index is 0.0821. The number of hydrogen-bond acceptors (Lipinski definition) is 4. The van der Waals surface area contributed by atoms with E-state index in [2.05, 4.69) is 0 Å². The second-order valence-electron chi connectivity index (χ2n) is 3.96. The van der Waals surface area contributed by atoms with Gasteiger partial charge in [-0.25, -0.2) is 0 Å². The van der Waals surface area contributed by atoms with E-state index in [0.717, 1.165) is 5.39 Å². The molecule has 0 saturated heterocycles. The highest BCUT2D eigenvalue weighted by Crippen LogP contribution is 2.29. The number of benzene rings is 1. The van der Waals surface area contributed by atoms with E-state index in [0.29, 0.717) is 17.1 Å². The molecule has 1 aromatic carbocycles. The quantitative estimate of drug-likeness (QED) is 0.669. The van der Waals surface area contributed by atoms with E-state index in [9.17, 15) is 9.90 Å². The van der Waals surface area contributed by atoms with Crippen LogP contribution in [0.1, 0.15) is 17.5 Å². The number of fused-ring (bicyclic) bond motifs is 1. The zero-order chi connectivity index (χ0) is 13.1. The van der Waals surface area contributed by atoms with Crippen molar-refractivity contribution < 1.29 is 19.1 Å². The van der Waals surface area contributed by atoms with Crippen molar-refractivity contribution in [1.82, 2.24) is 0 Å². The highest BCUT2D eigenvalue weighted by Gasteiger charge is 2.12. The van der Waals surface area contributed by atoms with Gasteiger partial charge < -0.3 is 14.3 Å². The zero-order valence-corrected chi connectivity index (χ0v) is 10.6. The summed E-state index contributed by atoms with van der Waals surface area (Å²) in [5.41, 5.74) is 0.504. The van der Waals surface area contributed by atoms with Crippen molar-refractivity contribution in [3.63, 3.8) is 0 Å². The smallest absolute Gasteiger partial charge is 0.194 e. The van der Waals surface area contributed by atoms with Crippen molar-refractivity contribution in [2.45, 2.75) is 13.0 Å². The van der Waals surface area contributed by atoms with Crippen molar-refractivity contribution in [3.05, 3.63) is 30.0 Å². The van der Waals surface area contributed by atoms with E-state index in [1.54, 1.807) is 18.2 Å². The number of halogens is 1. The van der Waals surface area contributed by atoms with Crippen LogP contribution in [0, 0.1) is 0 Å². The Kier molecular flexibility index (Phi) is 3.89. The van der Waals surface area contributed by atoms with E-state index in [1.807, 2.05) is 6.07 Å². The van der Waals surface area contributed by atoms with Gasteiger partial charge in [-0.05, 0) is 12.1 Å². The van der Waals surface area contributed by atoms with E-state index >= 15 is 0 Å². The van der Waals surface area contributed by atoms with Crippen LogP contribution in [0.25, 0.3) is 11.0 Å². The predicted molar refractivity (Wildman–Crippen MR) is 68.4 cm³/mol. The Balaban J connectivity index is 2.30. The number of ketones is 1. The average molecular weight is 269 g/mol. The normalized spacial score (nSPS) is 12.6. The molecular weight excluding hydrogens is 256 g/mol. The summed E-state index contributed by atoms with van der Waals surface area (Å²) >= 11 is 5.48. The van der Waals surface area contributed by atoms with Gasteiger partial charge in [-0.15, -0.1) is 11.6 Å². The van der Waals surface area contributed by atoms with E-state index in [-0.39, 0.29) is 18.3 Å². The number of ether oxygens (including phenoxy) is 1. The van der Waals surface area contributed by atoms with Crippen LogP contribution >= 0.6 is 11.6 Å². The van der Waals surface area contributed by atoms with Crippen LogP contribution in [0.5, 0.6) is 5.75 Å². The number of aliphatic hydroxyl groups is 1. The molecule has 1 heterocycles. The number of carbonyl (C=O) groups excluding carboxylic acids is 1. The summed E-state index contributed by atoms with van der Waals surface area (Å²) in [4.78, 5) is 11.2. The molecule has 4 nitrogen and oxygen atoms in total. The maximum absolute atomic E-state index is 11.2. The molecule has 2 aromatic rings. The summed E-state index contributed by atoms with van der Waals surface area (Å²) in [5, 5.41) is 10.1. The summed E-state index contributed by atoms with van der Waals surface area (Å²) in [7, 11) is 0. The van der Waals surface area contributed by atoms with Crippen LogP contribution < -0.4 is 4.74 Å². The number of alkyl halides is 1. The standard InChI is InChI=1S/C13H13ClO4/c1-8(15)12-5-9-3-2-4-11(13(9)18-12)17-7-10(16)6-14/h2-5,10,16H,6-7H2,1H3. The highest BCUT2D eigenvalue weighted by molar-refractivity contribution is 6.18.